The summed E-state index contributed by atoms with van der Waals surface area (Å²) in [5.41, 5.74) is 0.264. The van der Waals surface area contributed by atoms with Crippen molar-refractivity contribution in [2.75, 3.05) is 40.0 Å². The lowest BCUT2D eigenvalue weighted by molar-refractivity contribution is -0.00231. The molecule has 0 N–H and O–H groups in total. The SMILES string of the molecule is COC[C@@]1(C)CCCN(C[C@H]2COc3ccccc3O2)C1. The Hall–Kier alpha value is -1.26. The first-order valence-corrected chi connectivity index (χ1v) is 7.78. The molecule has 0 saturated carbocycles. The molecule has 0 unspecified atom stereocenters. The number of likely N-dealkylation sites (tertiary alicyclic amines) is 1. The number of hydrogen-bond acceptors (Lipinski definition) is 4. The first kappa shape index (κ1) is 14.7. The molecule has 1 aromatic rings. The molecule has 2 atom stereocenters. The van der Waals surface area contributed by atoms with E-state index >= 15 is 0 Å². The number of ether oxygens (including phenoxy) is 3. The summed E-state index contributed by atoms with van der Waals surface area (Å²) in [5, 5.41) is 0. The number of piperidine rings is 1. The number of methoxy groups -OCH3 is 1. The summed E-state index contributed by atoms with van der Waals surface area (Å²) in [4.78, 5) is 2.49. The summed E-state index contributed by atoms with van der Waals surface area (Å²) < 4.78 is 17.3. The maximum atomic E-state index is 6.06. The van der Waals surface area contributed by atoms with Crippen LogP contribution in [0, 0.1) is 5.41 Å². The normalized spacial score (nSPS) is 29.3. The van der Waals surface area contributed by atoms with Crippen LogP contribution in [0.25, 0.3) is 0 Å². The maximum absolute atomic E-state index is 6.06. The second-order valence-corrected chi connectivity index (χ2v) is 6.58. The Morgan fingerprint density at radius 3 is 2.95 bits per heavy atom. The largest absolute Gasteiger partial charge is 0.486 e. The Morgan fingerprint density at radius 2 is 2.14 bits per heavy atom. The van der Waals surface area contributed by atoms with E-state index in [0.29, 0.717) is 6.61 Å². The van der Waals surface area contributed by atoms with Crippen LogP contribution in [-0.4, -0.2) is 51.0 Å². The minimum atomic E-state index is 0.116. The molecule has 0 spiro atoms. The molecule has 116 valence electrons. The Kier molecular flexibility index (Phi) is 4.36. The van der Waals surface area contributed by atoms with Crippen molar-refractivity contribution < 1.29 is 14.2 Å². The van der Waals surface area contributed by atoms with Gasteiger partial charge >= 0.3 is 0 Å². The highest BCUT2D eigenvalue weighted by atomic mass is 16.6. The zero-order valence-corrected chi connectivity index (χ0v) is 13.0. The molecule has 2 aliphatic heterocycles. The van der Waals surface area contributed by atoms with E-state index in [1.54, 1.807) is 7.11 Å². The molecule has 0 bridgehead atoms. The van der Waals surface area contributed by atoms with E-state index in [1.807, 2.05) is 24.3 Å². The average Bonchev–Trinajstić information content (AvgIpc) is 2.47. The standard InChI is InChI=1S/C17H25NO3/c1-17(13-19-2)8-5-9-18(12-17)10-14-11-20-15-6-3-4-7-16(15)21-14/h3-4,6-7,14H,5,8-13H2,1-2H3/t14-,17-/m0/s1. The quantitative estimate of drug-likeness (QED) is 0.853. The van der Waals surface area contributed by atoms with E-state index in [2.05, 4.69) is 11.8 Å². The molecule has 1 saturated heterocycles. The van der Waals surface area contributed by atoms with Crippen LogP contribution in [0.5, 0.6) is 11.5 Å². The van der Waals surface area contributed by atoms with Crippen LogP contribution in [0.2, 0.25) is 0 Å². The van der Waals surface area contributed by atoms with E-state index in [9.17, 15) is 0 Å². The topological polar surface area (TPSA) is 30.9 Å². The Bertz CT molecular complexity index is 475. The lowest BCUT2D eigenvalue weighted by Gasteiger charge is -2.41. The van der Waals surface area contributed by atoms with Gasteiger partial charge in [0.2, 0.25) is 0 Å². The second-order valence-electron chi connectivity index (χ2n) is 6.58. The van der Waals surface area contributed by atoms with Gasteiger partial charge in [0, 0.05) is 25.6 Å². The molecular weight excluding hydrogens is 266 g/mol. The van der Waals surface area contributed by atoms with Crippen LogP contribution >= 0.6 is 0 Å². The van der Waals surface area contributed by atoms with Crippen LogP contribution in [0.15, 0.2) is 24.3 Å². The Morgan fingerprint density at radius 1 is 1.33 bits per heavy atom. The molecule has 0 aliphatic carbocycles. The molecule has 4 heteroatoms. The van der Waals surface area contributed by atoms with Crippen molar-refractivity contribution in [1.29, 1.82) is 0 Å². The highest BCUT2D eigenvalue weighted by molar-refractivity contribution is 5.40. The third-order valence-electron chi connectivity index (χ3n) is 4.38. The van der Waals surface area contributed by atoms with Gasteiger partial charge in [0.25, 0.3) is 0 Å². The third-order valence-corrected chi connectivity index (χ3v) is 4.38. The smallest absolute Gasteiger partial charge is 0.161 e. The van der Waals surface area contributed by atoms with Crippen LogP contribution in [-0.2, 0) is 4.74 Å². The van der Waals surface area contributed by atoms with Gasteiger partial charge in [-0.05, 0) is 31.5 Å². The minimum absolute atomic E-state index is 0.116. The molecule has 0 radical (unpaired) electrons. The van der Waals surface area contributed by atoms with Crippen molar-refractivity contribution in [3.8, 4) is 11.5 Å². The van der Waals surface area contributed by atoms with Gasteiger partial charge in [0.05, 0.1) is 6.61 Å². The van der Waals surface area contributed by atoms with Crippen LogP contribution in [0.4, 0.5) is 0 Å². The number of rotatable bonds is 4. The second kappa shape index (κ2) is 6.24. The van der Waals surface area contributed by atoms with Gasteiger partial charge in [-0.2, -0.15) is 0 Å². The van der Waals surface area contributed by atoms with Crippen molar-refractivity contribution in [1.82, 2.24) is 4.90 Å². The Balaban J connectivity index is 1.58. The molecule has 3 rings (SSSR count). The van der Waals surface area contributed by atoms with Crippen molar-refractivity contribution >= 4 is 0 Å². The molecule has 2 aliphatic rings. The number of nitrogens with zero attached hydrogens (tertiary/aromatic N) is 1. The number of para-hydroxylation sites is 2. The lowest BCUT2D eigenvalue weighted by atomic mass is 9.82. The average molecular weight is 291 g/mol. The van der Waals surface area contributed by atoms with Gasteiger partial charge < -0.3 is 14.2 Å². The van der Waals surface area contributed by atoms with Crippen molar-refractivity contribution in [2.24, 2.45) is 5.41 Å². The first-order chi connectivity index (χ1) is 10.2. The minimum Gasteiger partial charge on any atom is -0.486 e. The van der Waals surface area contributed by atoms with Gasteiger partial charge in [-0.1, -0.05) is 19.1 Å². The van der Waals surface area contributed by atoms with Gasteiger partial charge in [0.15, 0.2) is 11.5 Å². The summed E-state index contributed by atoms with van der Waals surface area (Å²) in [7, 11) is 1.79. The fourth-order valence-electron chi connectivity index (χ4n) is 3.49. The van der Waals surface area contributed by atoms with Gasteiger partial charge in [-0.25, -0.2) is 0 Å². The van der Waals surface area contributed by atoms with Crippen molar-refractivity contribution in [2.45, 2.75) is 25.9 Å². The summed E-state index contributed by atoms with van der Waals surface area (Å²) in [6.07, 6.45) is 2.58. The summed E-state index contributed by atoms with van der Waals surface area (Å²) in [6.45, 7) is 6.91. The Labute approximate surface area is 127 Å². The van der Waals surface area contributed by atoms with E-state index in [-0.39, 0.29) is 11.5 Å². The predicted octanol–water partition coefficient (Wildman–Crippen LogP) is 2.57. The fourth-order valence-corrected chi connectivity index (χ4v) is 3.49. The van der Waals surface area contributed by atoms with Gasteiger partial charge in [0.1, 0.15) is 12.7 Å². The van der Waals surface area contributed by atoms with E-state index in [4.69, 9.17) is 14.2 Å². The van der Waals surface area contributed by atoms with Gasteiger partial charge in [-0.3, -0.25) is 4.90 Å². The van der Waals surface area contributed by atoms with Crippen LogP contribution in [0.1, 0.15) is 19.8 Å². The van der Waals surface area contributed by atoms with E-state index < -0.39 is 0 Å². The molecule has 1 aromatic carbocycles. The number of hydrogen-bond donors (Lipinski definition) is 0. The lowest BCUT2D eigenvalue weighted by Crippen LogP contribution is -2.49. The van der Waals surface area contributed by atoms with Crippen molar-refractivity contribution in [3.05, 3.63) is 24.3 Å². The maximum Gasteiger partial charge on any atom is 0.161 e. The fraction of sp³-hybridized carbons (Fsp3) is 0.647. The summed E-state index contributed by atoms with van der Waals surface area (Å²) in [5.74, 6) is 1.72. The van der Waals surface area contributed by atoms with Crippen LogP contribution in [0.3, 0.4) is 0 Å². The van der Waals surface area contributed by atoms with E-state index in [0.717, 1.165) is 37.7 Å². The van der Waals surface area contributed by atoms with Crippen molar-refractivity contribution in [3.63, 3.8) is 0 Å². The molecule has 4 nitrogen and oxygen atoms in total. The summed E-state index contributed by atoms with van der Waals surface area (Å²) >= 11 is 0. The molecule has 0 amide bonds. The first-order valence-electron chi connectivity index (χ1n) is 7.78. The highest BCUT2D eigenvalue weighted by Gasteiger charge is 2.33. The molecule has 0 aromatic heterocycles. The van der Waals surface area contributed by atoms with Crippen LogP contribution < -0.4 is 9.47 Å². The number of benzene rings is 1. The molecule has 2 heterocycles. The molecule has 21 heavy (non-hydrogen) atoms. The predicted molar refractivity (Wildman–Crippen MR) is 82.0 cm³/mol. The number of fused-ring (bicyclic) bond motifs is 1. The van der Waals surface area contributed by atoms with E-state index in [1.165, 1.54) is 12.8 Å². The zero-order valence-electron chi connectivity index (χ0n) is 13.0. The summed E-state index contributed by atoms with van der Waals surface area (Å²) in [6, 6.07) is 7.90. The third kappa shape index (κ3) is 3.50. The van der Waals surface area contributed by atoms with Gasteiger partial charge in [-0.15, -0.1) is 0 Å². The zero-order chi connectivity index (χ0) is 14.7. The monoisotopic (exact) mass is 291 g/mol. The molecule has 1 fully saturated rings. The highest BCUT2D eigenvalue weighted by Crippen LogP contribution is 2.33. The molecular formula is C17H25NO3.